The minimum absolute atomic E-state index is 0.0593. The average molecular weight is 294 g/mol. The molecule has 3 N–H and O–H groups in total. The third-order valence-electron chi connectivity index (χ3n) is 4.38. The number of nitrogens with zero attached hydrogens (tertiary/aromatic N) is 2. The van der Waals surface area contributed by atoms with Crippen molar-refractivity contribution in [3.63, 3.8) is 0 Å². The second kappa shape index (κ2) is 5.31. The van der Waals surface area contributed by atoms with Gasteiger partial charge in [-0.1, -0.05) is 0 Å². The lowest BCUT2D eigenvalue weighted by Gasteiger charge is -2.32. The number of aryl methyl sites for hydroxylation is 2. The summed E-state index contributed by atoms with van der Waals surface area (Å²) in [6.45, 7) is 4.25. The molecule has 7 nitrogen and oxygen atoms in total. The summed E-state index contributed by atoms with van der Waals surface area (Å²) in [5.41, 5.74) is 6.31. The van der Waals surface area contributed by atoms with E-state index in [0.29, 0.717) is 23.7 Å². The predicted molar refractivity (Wildman–Crippen MR) is 76.3 cm³/mol. The number of rotatable bonds is 3. The SMILES string of the molecule is Cc1nn(C)c(OC2COC3(CCNCC3)C2)c1C(N)=O. The van der Waals surface area contributed by atoms with Gasteiger partial charge in [0.1, 0.15) is 11.7 Å². The van der Waals surface area contributed by atoms with Crippen LogP contribution in [0.5, 0.6) is 5.88 Å². The quantitative estimate of drug-likeness (QED) is 0.826. The molecule has 0 saturated carbocycles. The third kappa shape index (κ3) is 2.63. The highest BCUT2D eigenvalue weighted by Gasteiger charge is 2.42. The fourth-order valence-electron chi connectivity index (χ4n) is 3.32. The normalized spacial score (nSPS) is 24.4. The van der Waals surface area contributed by atoms with Crippen molar-refractivity contribution >= 4 is 5.91 Å². The second-order valence-electron chi connectivity index (χ2n) is 5.94. The Bertz CT molecular complexity index is 549. The summed E-state index contributed by atoms with van der Waals surface area (Å²) in [4.78, 5) is 11.6. The molecule has 2 aliphatic rings. The van der Waals surface area contributed by atoms with Gasteiger partial charge >= 0.3 is 0 Å². The van der Waals surface area contributed by atoms with Gasteiger partial charge < -0.3 is 20.5 Å². The van der Waals surface area contributed by atoms with Crippen LogP contribution in [0.3, 0.4) is 0 Å². The van der Waals surface area contributed by atoms with Gasteiger partial charge in [-0.25, -0.2) is 4.68 Å². The third-order valence-corrected chi connectivity index (χ3v) is 4.38. The second-order valence-corrected chi connectivity index (χ2v) is 5.94. The zero-order chi connectivity index (χ0) is 15.0. The van der Waals surface area contributed by atoms with Gasteiger partial charge in [0.2, 0.25) is 5.88 Å². The van der Waals surface area contributed by atoms with Crippen molar-refractivity contribution in [2.45, 2.75) is 37.9 Å². The molecule has 0 aliphatic carbocycles. The number of carbonyl (C=O) groups excluding carboxylic acids is 1. The number of carbonyl (C=O) groups is 1. The van der Waals surface area contributed by atoms with E-state index in [1.54, 1.807) is 18.7 Å². The zero-order valence-corrected chi connectivity index (χ0v) is 12.5. The van der Waals surface area contributed by atoms with Crippen molar-refractivity contribution in [1.82, 2.24) is 15.1 Å². The van der Waals surface area contributed by atoms with E-state index in [0.717, 1.165) is 32.4 Å². The van der Waals surface area contributed by atoms with Gasteiger partial charge in [-0.05, 0) is 32.9 Å². The zero-order valence-electron chi connectivity index (χ0n) is 12.5. The first kappa shape index (κ1) is 14.3. The van der Waals surface area contributed by atoms with Gasteiger partial charge in [0.25, 0.3) is 5.91 Å². The van der Waals surface area contributed by atoms with Crippen LogP contribution in [0.25, 0.3) is 0 Å². The molecule has 2 saturated heterocycles. The standard InChI is InChI=1S/C14H22N4O3/c1-9-11(12(15)19)13(18(2)17-9)21-10-7-14(20-8-10)3-5-16-6-4-14/h10,16H,3-8H2,1-2H3,(H2,15,19). The first-order valence-electron chi connectivity index (χ1n) is 7.35. The number of ether oxygens (including phenoxy) is 2. The maximum Gasteiger partial charge on any atom is 0.256 e. The summed E-state index contributed by atoms with van der Waals surface area (Å²) >= 11 is 0. The van der Waals surface area contributed by atoms with Crippen LogP contribution in [-0.4, -0.2) is 47.1 Å². The Kier molecular flexibility index (Phi) is 3.62. The van der Waals surface area contributed by atoms with Gasteiger partial charge in [-0.3, -0.25) is 4.79 Å². The molecule has 1 spiro atoms. The molecule has 1 aromatic heterocycles. The topological polar surface area (TPSA) is 91.4 Å². The molecule has 7 heteroatoms. The Labute approximate surface area is 123 Å². The number of aromatic nitrogens is 2. The predicted octanol–water partition coefficient (Wildman–Crippen LogP) is 0.117. The van der Waals surface area contributed by atoms with E-state index < -0.39 is 5.91 Å². The summed E-state index contributed by atoms with van der Waals surface area (Å²) in [6, 6.07) is 0. The average Bonchev–Trinajstić information content (AvgIpc) is 2.93. The molecule has 1 unspecified atom stereocenters. The Morgan fingerprint density at radius 3 is 2.90 bits per heavy atom. The van der Waals surface area contributed by atoms with Crippen LogP contribution in [-0.2, 0) is 11.8 Å². The van der Waals surface area contributed by atoms with E-state index in [1.165, 1.54) is 0 Å². The number of hydrogen-bond donors (Lipinski definition) is 2. The van der Waals surface area contributed by atoms with Crippen LogP contribution in [0, 0.1) is 6.92 Å². The number of amides is 1. The van der Waals surface area contributed by atoms with Gasteiger partial charge in [0.15, 0.2) is 0 Å². The summed E-state index contributed by atoms with van der Waals surface area (Å²) in [5, 5.41) is 7.56. The van der Waals surface area contributed by atoms with E-state index in [2.05, 4.69) is 10.4 Å². The molecule has 0 bridgehead atoms. The van der Waals surface area contributed by atoms with E-state index in [9.17, 15) is 4.79 Å². The Hall–Kier alpha value is -1.60. The highest BCUT2D eigenvalue weighted by molar-refractivity contribution is 5.96. The molecule has 0 aromatic carbocycles. The highest BCUT2D eigenvalue weighted by Crippen LogP contribution is 2.36. The fourth-order valence-corrected chi connectivity index (χ4v) is 3.32. The summed E-state index contributed by atoms with van der Waals surface area (Å²) < 4.78 is 13.6. The number of primary amides is 1. The monoisotopic (exact) mass is 294 g/mol. The lowest BCUT2D eigenvalue weighted by atomic mass is 9.89. The molecule has 0 radical (unpaired) electrons. The number of nitrogens with one attached hydrogen (secondary N) is 1. The van der Waals surface area contributed by atoms with Crippen LogP contribution in [0.1, 0.15) is 35.3 Å². The maximum absolute atomic E-state index is 11.6. The Balaban J connectivity index is 1.75. The molecular formula is C14H22N4O3. The van der Waals surface area contributed by atoms with Gasteiger partial charge in [0.05, 0.1) is 17.9 Å². The van der Waals surface area contributed by atoms with Crippen molar-refractivity contribution in [2.24, 2.45) is 12.8 Å². The fraction of sp³-hybridized carbons (Fsp3) is 0.714. The summed E-state index contributed by atoms with van der Waals surface area (Å²) in [6.07, 6.45) is 2.78. The Morgan fingerprint density at radius 2 is 2.24 bits per heavy atom. The number of piperidine rings is 1. The Morgan fingerprint density at radius 1 is 1.52 bits per heavy atom. The minimum Gasteiger partial charge on any atom is -0.471 e. The van der Waals surface area contributed by atoms with Gasteiger partial charge in [-0.2, -0.15) is 5.10 Å². The number of nitrogens with two attached hydrogens (primary N) is 1. The smallest absolute Gasteiger partial charge is 0.256 e. The van der Waals surface area contributed by atoms with Crippen molar-refractivity contribution < 1.29 is 14.3 Å². The van der Waals surface area contributed by atoms with E-state index in [4.69, 9.17) is 15.2 Å². The van der Waals surface area contributed by atoms with Crippen molar-refractivity contribution in [3.05, 3.63) is 11.3 Å². The van der Waals surface area contributed by atoms with Crippen LogP contribution in [0.15, 0.2) is 0 Å². The van der Waals surface area contributed by atoms with E-state index >= 15 is 0 Å². The van der Waals surface area contributed by atoms with Crippen LogP contribution in [0.2, 0.25) is 0 Å². The van der Waals surface area contributed by atoms with Crippen LogP contribution in [0.4, 0.5) is 0 Å². The van der Waals surface area contributed by atoms with Gasteiger partial charge in [-0.15, -0.1) is 0 Å². The molecule has 1 aromatic rings. The van der Waals surface area contributed by atoms with Crippen molar-refractivity contribution in [3.8, 4) is 5.88 Å². The van der Waals surface area contributed by atoms with Crippen molar-refractivity contribution in [1.29, 1.82) is 0 Å². The first-order chi connectivity index (χ1) is 10.0. The molecule has 21 heavy (non-hydrogen) atoms. The highest BCUT2D eigenvalue weighted by atomic mass is 16.6. The maximum atomic E-state index is 11.6. The summed E-state index contributed by atoms with van der Waals surface area (Å²) in [7, 11) is 1.75. The molecule has 1 amide bonds. The molecule has 2 aliphatic heterocycles. The van der Waals surface area contributed by atoms with E-state index in [1.807, 2.05) is 0 Å². The lowest BCUT2D eigenvalue weighted by molar-refractivity contribution is -0.0206. The molecule has 2 fully saturated rings. The largest absolute Gasteiger partial charge is 0.471 e. The van der Waals surface area contributed by atoms with Crippen LogP contribution >= 0.6 is 0 Å². The van der Waals surface area contributed by atoms with Crippen LogP contribution < -0.4 is 15.8 Å². The van der Waals surface area contributed by atoms with E-state index in [-0.39, 0.29) is 11.7 Å². The van der Waals surface area contributed by atoms with Crippen molar-refractivity contribution in [2.75, 3.05) is 19.7 Å². The molecular weight excluding hydrogens is 272 g/mol. The molecule has 3 rings (SSSR count). The molecule has 3 heterocycles. The number of hydrogen-bond acceptors (Lipinski definition) is 5. The first-order valence-corrected chi connectivity index (χ1v) is 7.35. The molecule has 1 atom stereocenters. The minimum atomic E-state index is -0.508. The molecule has 116 valence electrons. The lowest BCUT2D eigenvalue weighted by Crippen LogP contribution is -2.41. The summed E-state index contributed by atoms with van der Waals surface area (Å²) in [5.74, 6) is -0.0642. The van der Waals surface area contributed by atoms with Gasteiger partial charge in [0, 0.05) is 13.5 Å².